The lowest BCUT2D eigenvalue weighted by molar-refractivity contribution is 0.102. The number of carbonyl (C=O) groups is 1. The van der Waals surface area contributed by atoms with Crippen molar-refractivity contribution in [1.82, 2.24) is 9.29 Å². The number of benzene rings is 2. The monoisotopic (exact) mass is 463 g/mol. The van der Waals surface area contributed by atoms with Gasteiger partial charge in [0.2, 0.25) is 10.0 Å². The Hall–Kier alpha value is -1.94. The summed E-state index contributed by atoms with van der Waals surface area (Å²) in [5.74, 6) is -0.317. The minimum atomic E-state index is -3.56. The first-order valence-electron chi connectivity index (χ1n) is 9.75. The maximum absolute atomic E-state index is 12.9. The highest BCUT2D eigenvalue weighted by atomic mass is 32.2. The molecular weight excluding hydrogens is 438 g/mol. The fraction of sp³-hybridized carbons (Fsp3) is 0.333. The van der Waals surface area contributed by atoms with Crippen LogP contribution in [-0.2, 0) is 10.0 Å². The van der Waals surface area contributed by atoms with Crippen molar-refractivity contribution in [1.29, 1.82) is 0 Å². The molecule has 0 fully saturated rings. The highest BCUT2D eigenvalue weighted by Gasteiger charge is 2.23. The Morgan fingerprint density at radius 2 is 1.77 bits per heavy atom. The fourth-order valence-electron chi connectivity index (χ4n) is 3.09. The third kappa shape index (κ3) is 4.85. The van der Waals surface area contributed by atoms with Crippen LogP contribution in [0, 0.1) is 0 Å². The van der Waals surface area contributed by atoms with Gasteiger partial charge in [-0.25, -0.2) is 13.4 Å². The molecule has 0 atom stereocenters. The van der Waals surface area contributed by atoms with Crippen molar-refractivity contribution < 1.29 is 13.2 Å². The van der Waals surface area contributed by atoms with E-state index < -0.39 is 10.0 Å². The van der Waals surface area contributed by atoms with E-state index in [1.807, 2.05) is 38.3 Å². The highest BCUT2D eigenvalue weighted by molar-refractivity contribution is 7.98. The van der Waals surface area contributed by atoms with Gasteiger partial charge in [0.25, 0.3) is 5.91 Å². The zero-order valence-corrected chi connectivity index (χ0v) is 19.7. The predicted octanol–water partition coefficient (Wildman–Crippen LogP) is 5.08. The molecule has 6 nitrogen and oxygen atoms in total. The average molecular weight is 464 g/mol. The molecule has 0 aliphatic heterocycles. The summed E-state index contributed by atoms with van der Waals surface area (Å²) in [6.45, 7) is 4.87. The second kappa shape index (κ2) is 9.91. The normalized spacial score (nSPS) is 11.9. The zero-order chi connectivity index (χ0) is 21.7. The van der Waals surface area contributed by atoms with Crippen molar-refractivity contribution >= 4 is 54.4 Å². The molecule has 2 aromatic carbocycles. The summed E-state index contributed by atoms with van der Waals surface area (Å²) in [6.07, 6.45) is 3.49. The lowest BCUT2D eigenvalue weighted by Crippen LogP contribution is -2.32. The minimum Gasteiger partial charge on any atom is -0.298 e. The van der Waals surface area contributed by atoms with Crippen molar-refractivity contribution in [2.75, 3.05) is 24.7 Å². The molecule has 1 aromatic heterocycles. The summed E-state index contributed by atoms with van der Waals surface area (Å²) in [5.41, 5.74) is 1.26. The van der Waals surface area contributed by atoms with Gasteiger partial charge in [-0.3, -0.25) is 10.1 Å². The summed E-state index contributed by atoms with van der Waals surface area (Å²) in [7, 11) is -3.56. The van der Waals surface area contributed by atoms with Gasteiger partial charge in [-0.15, -0.1) is 11.8 Å². The Kier molecular flexibility index (Phi) is 7.51. The van der Waals surface area contributed by atoms with Gasteiger partial charge in [0.15, 0.2) is 5.13 Å². The summed E-state index contributed by atoms with van der Waals surface area (Å²) in [4.78, 5) is 18.4. The highest BCUT2D eigenvalue weighted by Crippen LogP contribution is 2.32. The van der Waals surface area contributed by atoms with Gasteiger partial charge < -0.3 is 0 Å². The van der Waals surface area contributed by atoms with E-state index in [-0.39, 0.29) is 10.8 Å². The summed E-state index contributed by atoms with van der Waals surface area (Å²) >= 11 is 3.02. The predicted molar refractivity (Wildman–Crippen MR) is 125 cm³/mol. The van der Waals surface area contributed by atoms with Gasteiger partial charge in [-0.1, -0.05) is 31.3 Å². The van der Waals surface area contributed by atoms with Crippen LogP contribution < -0.4 is 5.32 Å². The molecule has 0 spiro atoms. The van der Waals surface area contributed by atoms with E-state index in [1.54, 1.807) is 23.9 Å². The van der Waals surface area contributed by atoms with Crippen LogP contribution in [0.1, 0.15) is 37.0 Å². The van der Waals surface area contributed by atoms with Gasteiger partial charge in [-0.05, 0) is 55.5 Å². The number of hydrogen-bond donors (Lipinski definition) is 1. The number of aromatic nitrogens is 1. The fourth-order valence-corrected chi connectivity index (χ4v) is 6.23. The lowest BCUT2D eigenvalue weighted by atomic mass is 10.2. The Morgan fingerprint density at radius 3 is 2.37 bits per heavy atom. The molecule has 3 rings (SSSR count). The Morgan fingerprint density at radius 1 is 1.10 bits per heavy atom. The van der Waals surface area contributed by atoms with E-state index in [0.717, 1.165) is 28.0 Å². The van der Waals surface area contributed by atoms with Crippen molar-refractivity contribution in [3.8, 4) is 0 Å². The molecule has 30 heavy (non-hydrogen) atoms. The lowest BCUT2D eigenvalue weighted by Gasteiger charge is -2.21. The number of thioether (sulfide) groups is 1. The molecule has 0 unspecified atom stereocenters. The van der Waals surface area contributed by atoms with Gasteiger partial charge >= 0.3 is 0 Å². The quantitative estimate of drug-likeness (QED) is 0.448. The second-order valence-electron chi connectivity index (χ2n) is 6.71. The number of sulfonamides is 1. The topological polar surface area (TPSA) is 79.4 Å². The number of rotatable bonds is 9. The summed E-state index contributed by atoms with van der Waals surface area (Å²) in [6, 6.07) is 12.0. The third-order valence-electron chi connectivity index (χ3n) is 4.52. The molecular formula is C21H25N3O3S3. The maximum atomic E-state index is 12.9. The van der Waals surface area contributed by atoms with Crippen LogP contribution in [0.2, 0.25) is 0 Å². The van der Waals surface area contributed by atoms with Crippen LogP contribution in [0.5, 0.6) is 0 Å². The Bertz CT molecular complexity index is 1120. The van der Waals surface area contributed by atoms with Gasteiger partial charge in [0, 0.05) is 23.5 Å². The Balaban J connectivity index is 1.78. The molecule has 0 bridgehead atoms. The molecule has 160 valence electrons. The molecule has 9 heteroatoms. The van der Waals surface area contributed by atoms with E-state index >= 15 is 0 Å². The molecule has 3 aromatic rings. The van der Waals surface area contributed by atoms with Gasteiger partial charge in [0.1, 0.15) is 0 Å². The molecule has 0 aliphatic rings. The largest absolute Gasteiger partial charge is 0.298 e. The van der Waals surface area contributed by atoms with E-state index in [4.69, 9.17) is 0 Å². The van der Waals surface area contributed by atoms with Crippen LogP contribution in [0.4, 0.5) is 5.13 Å². The summed E-state index contributed by atoms with van der Waals surface area (Å²) in [5, 5.41) is 3.34. The number of fused-ring (bicyclic) bond motifs is 1. The molecule has 1 amide bonds. The van der Waals surface area contributed by atoms with Gasteiger partial charge in [0.05, 0.1) is 15.1 Å². The minimum absolute atomic E-state index is 0.200. The van der Waals surface area contributed by atoms with Crippen molar-refractivity contribution in [2.24, 2.45) is 0 Å². The molecule has 0 saturated carbocycles. The average Bonchev–Trinajstić information content (AvgIpc) is 3.16. The number of amides is 1. The SMILES string of the molecule is CCCN(CCC)S(=O)(=O)c1ccc(C(=O)Nc2nc3c(SC)cccc3s2)cc1. The standard InChI is InChI=1S/C21H25N3O3S3/c1-4-13-24(14-5-2)30(26,27)16-11-9-15(10-12-16)20(25)23-21-22-19-17(28-3)7-6-8-18(19)29-21/h6-12H,4-5,13-14H2,1-3H3,(H,22,23,25). The third-order valence-corrected chi connectivity index (χ3v) is 8.14. The first kappa shape index (κ1) is 22.7. The van der Waals surface area contributed by atoms with Crippen molar-refractivity contribution in [3.63, 3.8) is 0 Å². The number of nitrogens with zero attached hydrogens (tertiary/aromatic N) is 2. The van der Waals surface area contributed by atoms with Crippen LogP contribution in [-0.4, -0.2) is 43.0 Å². The number of anilines is 1. The molecule has 0 saturated heterocycles. The van der Waals surface area contributed by atoms with Crippen LogP contribution in [0.25, 0.3) is 10.2 Å². The maximum Gasteiger partial charge on any atom is 0.257 e. The zero-order valence-electron chi connectivity index (χ0n) is 17.2. The first-order chi connectivity index (χ1) is 14.4. The molecule has 1 N–H and O–H groups in total. The smallest absolute Gasteiger partial charge is 0.257 e. The Labute approximate surface area is 185 Å². The van der Waals surface area contributed by atoms with Crippen molar-refractivity contribution in [3.05, 3.63) is 48.0 Å². The van der Waals surface area contributed by atoms with Crippen molar-refractivity contribution in [2.45, 2.75) is 36.5 Å². The second-order valence-corrected chi connectivity index (χ2v) is 10.5. The number of hydrogen-bond acceptors (Lipinski definition) is 6. The first-order valence-corrected chi connectivity index (χ1v) is 13.2. The number of para-hydroxylation sites is 1. The molecule has 1 heterocycles. The number of nitrogens with one attached hydrogen (secondary N) is 1. The molecule has 0 radical (unpaired) electrons. The molecule has 0 aliphatic carbocycles. The van der Waals surface area contributed by atoms with E-state index in [9.17, 15) is 13.2 Å². The van der Waals surface area contributed by atoms with Crippen LogP contribution in [0.3, 0.4) is 0 Å². The van der Waals surface area contributed by atoms with E-state index in [1.165, 1.54) is 27.8 Å². The number of carbonyl (C=O) groups excluding carboxylic acids is 1. The number of thiazole rings is 1. The van der Waals surface area contributed by atoms with Crippen LogP contribution >= 0.6 is 23.1 Å². The van der Waals surface area contributed by atoms with E-state index in [0.29, 0.717) is 23.8 Å². The van der Waals surface area contributed by atoms with E-state index in [2.05, 4.69) is 10.3 Å². The van der Waals surface area contributed by atoms with Crippen LogP contribution in [0.15, 0.2) is 52.3 Å². The summed E-state index contributed by atoms with van der Waals surface area (Å²) < 4.78 is 28.2. The van der Waals surface area contributed by atoms with Gasteiger partial charge in [-0.2, -0.15) is 4.31 Å².